The molecule has 0 fully saturated rings. The first-order valence-electron chi connectivity index (χ1n) is 4.83. The molecule has 0 N–H and O–H groups in total. The van der Waals surface area contributed by atoms with Crippen LogP contribution < -0.4 is 0 Å². The van der Waals surface area contributed by atoms with Crippen molar-refractivity contribution >= 4 is 21.7 Å². The van der Waals surface area contributed by atoms with Crippen LogP contribution in [-0.4, -0.2) is 0 Å². The standard InChI is InChI=1S/C11H19ClS/c1-4-7-10(2)8-5-6-9-11(3)13-12/h2-9H2,1H3. The molecule has 76 valence electrons. The normalized spacial score (nSPS) is 10.0. The van der Waals surface area contributed by atoms with E-state index >= 15 is 0 Å². The number of hydrogen-bond donors (Lipinski definition) is 0. The Hall–Kier alpha value is 0.120. The zero-order valence-corrected chi connectivity index (χ0v) is 10.0. The summed E-state index contributed by atoms with van der Waals surface area (Å²) in [7, 11) is 6.79. The van der Waals surface area contributed by atoms with Gasteiger partial charge < -0.3 is 0 Å². The highest BCUT2D eigenvalue weighted by Crippen LogP contribution is 2.24. The van der Waals surface area contributed by atoms with Gasteiger partial charge in [-0.2, -0.15) is 0 Å². The van der Waals surface area contributed by atoms with Crippen LogP contribution >= 0.6 is 21.7 Å². The largest absolute Gasteiger partial charge is 0.0999 e. The van der Waals surface area contributed by atoms with Gasteiger partial charge in [0.2, 0.25) is 0 Å². The highest BCUT2D eigenvalue weighted by atomic mass is 35.7. The predicted octanol–water partition coefficient (Wildman–Crippen LogP) is 5.30. The van der Waals surface area contributed by atoms with E-state index in [0.717, 1.165) is 17.7 Å². The van der Waals surface area contributed by atoms with Crippen LogP contribution in [0.1, 0.15) is 45.4 Å². The Kier molecular flexibility index (Phi) is 8.79. The molecule has 0 aromatic heterocycles. The summed E-state index contributed by atoms with van der Waals surface area (Å²) in [5.74, 6) is 0. The zero-order valence-electron chi connectivity index (χ0n) is 8.44. The highest BCUT2D eigenvalue weighted by molar-refractivity contribution is 8.24. The molecule has 13 heavy (non-hydrogen) atoms. The van der Waals surface area contributed by atoms with E-state index in [1.165, 1.54) is 42.2 Å². The van der Waals surface area contributed by atoms with Crippen molar-refractivity contribution in [3.8, 4) is 0 Å². The van der Waals surface area contributed by atoms with Gasteiger partial charge in [-0.1, -0.05) is 32.1 Å². The number of rotatable bonds is 8. The van der Waals surface area contributed by atoms with E-state index in [1.807, 2.05) is 0 Å². The second kappa shape index (κ2) is 8.71. The fraction of sp³-hybridized carbons (Fsp3) is 0.636. The average molecular weight is 219 g/mol. The molecule has 0 bridgehead atoms. The van der Waals surface area contributed by atoms with Crippen molar-refractivity contribution in [1.29, 1.82) is 0 Å². The molecule has 0 nitrogen and oxygen atoms in total. The van der Waals surface area contributed by atoms with E-state index < -0.39 is 0 Å². The third kappa shape index (κ3) is 8.45. The summed E-state index contributed by atoms with van der Waals surface area (Å²) in [4.78, 5) is 1.07. The maximum absolute atomic E-state index is 5.54. The molecule has 0 aromatic rings. The summed E-state index contributed by atoms with van der Waals surface area (Å²) < 4.78 is 0. The van der Waals surface area contributed by atoms with Gasteiger partial charge in [-0.05, 0) is 58.7 Å². The first-order valence-corrected chi connectivity index (χ1v) is 6.48. The first kappa shape index (κ1) is 13.1. The molecule has 0 saturated carbocycles. The summed E-state index contributed by atoms with van der Waals surface area (Å²) in [6, 6.07) is 0. The van der Waals surface area contributed by atoms with Crippen LogP contribution in [0.4, 0.5) is 0 Å². The van der Waals surface area contributed by atoms with Gasteiger partial charge in [0.25, 0.3) is 0 Å². The minimum atomic E-state index is 1.04. The molecule has 0 aliphatic rings. The van der Waals surface area contributed by atoms with Crippen molar-refractivity contribution in [3.63, 3.8) is 0 Å². The number of hydrogen-bond acceptors (Lipinski definition) is 1. The van der Waals surface area contributed by atoms with E-state index in [0.29, 0.717) is 0 Å². The molecule has 0 radical (unpaired) electrons. The quantitative estimate of drug-likeness (QED) is 0.393. The second-order valence-electron chi connectivity index (χ2n) is 3.32. The third-order valence-corrected chi connectivity index (χ3v) is 3.03. The van der Waals surface area contributed by atoms with Crippen molar-refractivity contribution in [3.05, 3.63) is 23.6 Å². The minimum Gasteiger partial charge on any atom is -0.0999 e. The molecule has 0 atom stereocenters. The van der Waals surface area contributed by atoms with Crippen molar-refractivity contribution in [2.75, 3.05) is 0 Å². The lowest BCUT2D eigenvalue weighted by Gasteiger charge is -2.03. The van der Waals surface area contributed by atoms with Gasteiger partial charge >= 0.3 is 0 Å². The molecule has 0 unspecified atom stereocenters. The lowest BCUT2D eigenvalue weighted by Crippen LogP contribution is -1.83. The molecule has 0 aliphatic carbocycles. The SMILES string of the molecule is C=C(CCC)CCCCC(=C)SCl. The molecule has 2 heteroatoms. The first-order chi connectivity index (χ1) is 6.20. The van der Waals surface area contributed by atoms with Gasteiger partial charge in [0, 0.05) is 0 Å². The Morgan fingerprint density at radius 1 is 1.15 bits per heavy atom. The Balaban J connectivity index is 3.25. The smallest absolute Gasteiger partial charge is 0.00632 e. The monoisotopic (exact) mass is 218 g/mol. The molecule has 0 saturated heterocycles. The van der Waals surface area contributed by atoms with Gasteiger partial charge in [0.1, 0.15) is 0 Å². The van der Waals surface area contributed by atoms with Crippen molar-refractivity contribution in [2.45, 2.75) is 45.4 Å². The zero-order chi connectivity index (χ0) is 10.1. The van der Waals surface area contributed by atoms with Crippen molar-refractivity contribution in [1.82, 2.24) is 0 Å². The van der Waals surface area contributed by atoms with Crippen molar-refractivity contribution < 1.29 is 0 Å². The van der Waals surface area contributed by atoms with Gasteiger partial charge in [0.05, 0.1) is 0 Å². The van der Waals surface area contributed by atoms with Gasteiger partial charge in [-0.15, -0.1) is 0 Å². The summed E-state index contributed by atoms with van der Waals surface area (Å²) in [6.07, 6.45) is 6.98. The third-order valence-electron chi connectivity index (χ3n) is 1.95. The Morgan fingerprint density at radius 3 is 2.31 bits per heavy atom. The van der Waals surface area contributed by atoms with Crippen LogP contribution in [0.2, 0.25) is 0 Å². The summed E-state index contributed by atoms with van der Waals surface area (Å²) >= 11 is 0. The second-order valence-corrected chi connectivity index (χ2v) is 4.52. The van der Waals surface area contributed by atoms with Gasteiger partial charge in [0.15, 0.2) is 0 Å². The van der Waals surface area contributed by atoms with Crippen LogP contribution in [0.15, 0.2) is 23.6 Å². The lowest BCUT2D eigenvalue weighted by atomic mass is 10.1. The van der Waals surface area contributed by atoms with Gasteiger partial charge in [-0.25, -0.2) is 0 Å². The summed E-state index contributed by atoms with van der Waals surface area (Å²) in [5.41, 5.74) is 1.38. The van der Waals surface area contributed by atoms with E-state index in [4.69, 9.17) is 10.7 Å². The summed E-state index contributed by atoms with van der Waals surface area (Å²) in [6.45, 7) is 10.1. The highest BCUT2D eigenvalue weighted by Gasteiger charge is 1.96. The van der Waals surface area contributed by atoms with Crippen LogP contribution in [0.25, 0.3) is 0 Å². The number of unbranched alkanes of at least 4 members (excludes halogenated alkanes) is 1. The lowest BCUT2D eigenvalue weighted by molar-refractivity contribution is 0.713. The van der Waals surface area contributed by atoms with E-state index in [-0.39, 0.29) is 0 Å². The van der Waals surface area contributed by atoms with E-state index in [9.17, 15) is 0 Å². The predicted molar refractivity (Wildman–Crippen MR) is 65.1 cm³/mol. The molecule has 0 aliphatic heterocycles. The minimum absolute atomic E-state index is 1.04. The fourth-order valence-electron chi connectivity index (χ4n) is 1.21. The van der Waals surface area contributed by atoms with Crippen LogP contribution in [-0.2, 0) is 0 Å². The van der Waals surface area contributed by atoms with E-state index in [1.54, 1.807) is 0 Å². The average Bonchev–Trinajstić information content (AvgIpc) is 2.12. The molecule has 0 rings (SSSR count). The Labute approximate surface area is 90.9 Å². The molecule has 0 spiro atoms. The van der Waals surface area contributed by atoms with Crippen molar-refractivity contribution in [2.24, 2.45) is 0 Å². The van der Waals surface area contributed by atoms with Crippen LogP contribution in [0.5, 0.6) is 0 Å². The summed E-state index contributed by atoms with van der Waals surface area (Å²) in [5, 5.41) is 0. The Morgan fingerprint density at radius 2 is 1.77 bits per heavy atom. The topological polar surface area (TPSA) is 0 Å². The molecule has 0 aromatic carbocycles. The number of halogens is 1. The van der Waals surface area contributed by atoms with E-state index in [2.05, 4.69) is 20.1 Å². The van der Waals surface area contributed by atoms with Crippen LogP contribution in [0, 0.1) is 0 Å². The Bertz CT molecular complexity index is 163. The molecular weight excluding hydrogens is 200 g/mol. The fourth-order valence-corrected chi connectivity index (χ4v) is 1.67. The number of allylic oxidation sites excluding steroid dienone is 2. The maximum Gasteiger partial charge on any atom is -0.00632 e. The molecule has 0 heterocycles. The molecular formula is C11H19ClS. The van der Waals surface area contributed by atoms with Crippen LogP contribution in [0.3, 0.4) is 0 Å². The maximum atomic E-state index is 5.54. The molecule has 0 amide bonds. The van der Waals surface area contributed by atoms with Gasteiger partial charge in [-0.3, -0.25) is 0 Å².